The molecule has 2 amide bonds. The molecule has 222 valence electrons. The van der Waals surface area contributed by atoms with Crippen molar-refractivity contribution in [3.8, 4) is 0 Å². The van der Waals surface area contributed by atoms with Gasteiger partial charge in [0.25, 0.3) is 5.91 Å². The smallest absolute Gasteiger partial charge is 0.255 e. The summed E-state index contributed by atoms with van der Waals surface area (Å²) in [4.78, 5) is 25.0. The number of benzene rings is 2. The summed E-state index contributed by atoms with van der Waals surface area (Å²) in [5.41, 5.74) is -1.77. The Balaban J connectivity index is 1.33. The minimum Gasteiger partial charge on any atom is -0.387 e. The number of carbonyl (C=O) groups excluding carboxylic acids is 2. The zero-order valence-electron chi connectivity index (χ0n) is 22.1. The fraction of sp³-hybridized carbons (Fsp3) is 0.500. The van der Waals surface area contributed by atoms with E-state index in [4.69, 9.17) is 16.3 Å². The van der Waals surface area contributed by atoms with Crippen LogP contribution in [0.15, 0.2) is 35.2 Å². The van der Waals surface area contributed by atoms with Crippen molar-refractivity contribution >= 4 is 38.9 Å². The maximum atomic E-state index is 13.8. The third-order valence-corrected chi connectivity index (χ3v) is 11.4. The van der Waals surface area contributed by atoms with Crippen LogP contribution in [0.4, 0.5) is 18.9 Å². The number of carbonyl (C=O) groups is 2. The molecule has 41 heavy (non-hydrogen) atoms. The average Bonchev–Trinajstić information content (AvgIpc) is 3.48. The van der Waals surface area contributed by atoms with E-state index in [0.717, 1.165) is 12.5 Å². The van der Waals surface area contributed by atoms with Gasteiger partial charge in [0.15, 0.2) is 27.3 Å². The first-order valence-electron chi connectivity index (χ1n) is 13.4. The number of hydrogen-bond acceptors (Lipinski definition) is 6. The van der Waals surface area contributed by atoms with Crippen molar-refractivity contribution in [2.24, 2.45) is 17.8 Å². The molecule has 0 radical (unpaired) electrons. The van der Waals surface area contributed by atoms with E-state index in [1.807, 2.05) is 6.92 Å². The molecule has 6 atom stereocenters. The van der Waals surface area contributed by atoms with E-state index in [1.54, 1.807) is 0 Å². The highest BCUT2D eigenvalue weighted by atomic mass is 35.5. The Morgan fingerprint density at radius 3 is 2.46 bits per heavy atom. The molecule has 2 aromatic rings. The number of sulfone groups is 1. The number of nitrogens with one attached hydrogen (secondary N) is 2. The van der Waals surface area contributed by atoms with Crippen LogP contribution in [0.2, 0.25) is 5.02 Å². The van der Waals surface area contributed by atoms with Crippen LogP contribution < -0.4 is 10.6 Å². The zero-order valence-corrected chi connectivity index (χ0v) is 23.7. The standard InChI is InChI=1S/C28H30ClF3N2O6S/c1-14-7-16-9-18(12-19(14)28(16,37)13-33-27(36)23-3-2-6-40-23)41(38,39)24-8-15(4-5-20(24)29)26(35)34-17-10-21(30)25(32)22(31)11-17/h4-5,8,10-11,14,16,18-19,23,37H,2-3,6-7,9,12-13H2,1H3,(H,33,36)(H,34,35)/t14-,16?,18-,19-,23+,28+/m1/s1. The molecule has 13 heteroatoms. The SMILES string of the molecule is C[C@@H]1CC2C[C@@H](S(=O)(=O)c3cc(C(=O)Nc4cc(F)c(F)c(F)c4)ccc3Cl)C[C@H]1[C@]2(O)CNC(=O)[C@@H]1CCCO1. The second-order valence-corrected chi connectivity index (χ2v) is 13.8. The van der Waals surface area contributed by atoms with Crippen molar-refractivity contribution in [2.45, 2.75) is 60.9 Å². The third-order valence-electron chi connectivity index (χ3n) is 8.70. The lowest BCUT2D eigenvalue weighted by molar-refractivity contribution is -0.133. The highest BCUT2D eigenvalue weighted by molar-refractivity contribution is 7.92. The Labute approximate surface area is 240 Å². The molecule has 1 aliphatic heterocycles. The molecule has 1 unspecified atom stereocenters. The van der Waals surface area contributed by atoms with Crippen molar-refractivity contribution in [2.75, 3.05) is 18.5 Å². The fourth-order valence-corrected chi connectivity index (χ4v) is 8.95. The lowest BCUT2D eigenvalue weighted by Crippen LogP contribution is -2.56. The number of aliphatic hydroxyl groups is 1. The molecular formula is C28H30ClF3N2O6S. The van der Waals surface area contributed by atoms with Crippen LogP contribution in [0, 0.1) is 35.2 Å². The summed E-state index contributed by atoms with van der Waals surface area (Å²) >= 11 is 6.28. The van der Waals surface area contributed by atoms with Crippen molar-refractivity contribution in [1.29, 1.82) is 0 Å². The number of hydrogen-bond donors (Lipinski definition) is 3. The summed E-state index contributed by atoms with van der Waals surface area (Å²) in [6, 6.07) is 4.80. The molecular weight excluding hydrogens is 585 g/mol. The third kappa shape index (κ3) is 5.59. The molecule has 2 aliphatic carbocycles. The first-order chi connectivity index (χ1) is 19.3. The predicted octanol–water partition coefficient (Wildman–Crippen LogP) is 4.24. The van der Waals surface area contributed by atoms with Crippen LogP contribution >= 0.6 is 11.6 Å². The molecule has 2 saturated carbocycles. The Bertz CT molecular complexity index is 1460. The maximum Gasteiger partial charge on any atom is 0.255 e. The normalized spacial score (nSPS) is 29.4. The number of amides is 2. The van der Waals surface area contributed by atoms with Crippen molar-refractivity contribution < 1.29 is 41.0 Å². The van der Waals surface area contributed by atoms with E-state index >= 15 is 0 Å². The van der Waals surface area contributed by atoms with Crippen LogP contribution in [0.1, 0.15) is 49.4 Å². The maximum absolute atomic E-state index is 13.8. The quantitative estimate of drug-likeness (QED) is 0.401. The van der Waals surface area contributed by atoms with E-state index in [2.05, 4.69) is 10.6 Å². The molecule has 3 fully saturated rings. The molecule has 3 N–H and O–H groups in total. The lowest BCUT2D eigenvalue weighted by atomic mass is 9.73. The largest absolute Gasteiger partial charge is 0.387 e. The van der Waals surface area contributed by atoms with E-state index in [-0.39, 0.29) is 52.4 Å². The lowest BCUT2D eigenvalue weighted by Gasteiger charge is -2.43. The van der Waals surface area contributed by atoms with Gasteiger partial charge in [-0.1, -0.05) is 18.5 Å². The molecule has 2 aromatic carbocycles. The van der Waals surface area contributed by atoms with Crippen molar-refractivity contribution in [3.05, 3.63) is 58.4 Å². The van der Waals surface area contributed by atoms with E-state index in [1.165, 1.54) is 12.1 Å². The summed E-state index contributed by atoms with van der Waals surface area (Å²) in [6.45, 7) is 2.46. The molecule has 8 nitrogen and oxygen atoms in total. The number of anilines is 1. The summed E-state index contributed by atoms with van der Waals surface area (Å²) in [5, 5.41) is 15.7. The van der Waals surface area contributed by atoms with Gasteiger partial charge in [-0.2, -0.15) is 0 Å². The second kappa shape index (κ2) is 11.2. The number of halogens is 4. The average molecular weight is 615 g/mol. The molecule has 0 spiro atoms. The predicted molar refractivity (Wildman–Crippen MR) is 144 cm³/mol. The van der Waals surface area contributed by atoms with Gasteiger partial charge in [0.05, 0.1) is 20.8 Å². The van der Waals surface area contributed by atoms with Gasteiger partial charge in [0.2, 0.25) is 5.91 Å². The van der Waals surface area contributed by atoms with E-state index in [9.17, 15) is 36.3 Å². The van der Waals surface area contributed by atoms with Crippen LogP contribution in [0.25, 0.3) is 0 Å². The second-order valence-electron chi connectivity index (χ2n) is 11.2. The van der Waals surface area contributed by atoms with Crippen LogP contribution in [0.3, 0.4) is 0 Å². The molecule has 3 aliphatic rings. The molecule has 2 bridgehead atoms. The number of rotatable bonds is 7. The topological polar surface area (TPSA) is 122 Å². The van der Waals surface area contributed by atoms with Crippen molar-refractivity contribution in [1.82, 2.24) is 5.32 Å². The minimum absolute atomic E-state index is 0.000872. The van der Waals surface area contributed by atoms with Gasteiger partial charge in [-0.3, -0.25) is 9.59 Å². The summed E-state index contributed by atoms with van der Waals surface area (Å²) in [6.07, 6.45) is 1.72. The van der Waals surface area contributed by atoms with Gasteiger partial charge in [-0.05, 0) is 68.1 Å². The summed E-state index contributed by atoms with van der Waals surface area (Å²) < 4.78 is 73.5. The molecule has 1 heterocycles. The molecule has 0 aromatic heterocycles. The van der Waals surface area contributed by atoms with Gasteiger partial charge in [-0.25, -0.2) is 21.6 Å². The van der Waals surface area contributed by atoms with Gasteiger partial charge < -0.3 is 20.5 Å². The van der Waals surface area contributed by atoms with Crippen molar-refractivity contribution in [3.63, 3.8) is 0 Å². The fourth-order valence-electron chi connectivity index (χ4n) is 6.57. The Hall–Kier alpha value is -2.67. The highest BCUT2D eigenvalue weighted by Crippen LogP contribution is 2.54. The Morgan fingerprint density at radius 1 is 1.12 bits per heavy atom. The Morgan fingerprint density at radius 2 is 1.83 bits per heavy atom. The summed E-state index contributed by atoms with van der Waals surface area (Å²) in [7, 11) is -4.08. The van der Waals surface area contributed by atoms with Crippen LogP contribution in [0.5, 0.6) is 0 Å². The summed E-state index contributed by atoms with van der Waals surface area (Å²) in [5.74, 6) is -6.62. The van der Waals surface area contributed by atoms with Gasteiger partial charge >= 0.3 is 0 Å². The highest BCUT2D eigenvalue weighted by Gasteiger charge is 2.58. The first kappa shape index (κ1) is 29.8. The monoisotopic (exact) mass is 614 g/mol. The van der Waals surface area contributed by atoms with Gasteiger partial charge in [0, 0.05) is 36.5 Å². The molecule has 5 rings (SSSR count). The number of ether oxygens (including phenoxy) is 1. The van der Waals surface area contributed by atoms with Crippen LogP contribution in [-0.2, 0) is 19.4 Å². The Kier molecular flexibility index (Phi) is 8.14. The van der Waals surface area contributed by atoms with Gasteiger partial charge in [0.1, 0.15) is 6.10 Å². The van der Waals surface area contributed by atoms with E-state index in [0.29, 0.717) is 31.6 Å². The van der Waals surface area contributed by atoms with E-state index < -0.39 is 62.0 Å². The zero-order chi connectivity index (χ0) is 29.7. The number of fused-ring (bicyclic) bond motifs is 2. The first-order valence-corrected chi connectivity index (χ1v) is 15.3. The van der Waals surface area contributed by atoms with Gasteiger partial charge in [-0.15, -0.1) is 0 Å². The molecule has 1 saturated heterocycles. The van der Waals surface area contributed by atoms with Crippen LogP contribution in [-0.4, -0.2) is 55.4 Å². The minimum atomic E-state index is -4.08.